The first-order valence-corrected chi connectivity index (χ1v) is 5.05. The largest absolute Gasteiger partial charge is 0.385 e. The van der Waals surface area contributed by atoms with Gasteiger partial charge in [0.2, 0.25) is 0 Å². The van der Waals surface area contributed by atoms with Crippen LogP contribution in [0.15, 0.2) is 24.3 Å². The summed E-state index contributed by atoms with van der Waals surface area (Å²) in [7, 11) is 1.71. The standard InChI is InChI=1S/C12H16O2/c1-14-9-6-10-2-4-11(5-3-10)12(13)7-8-12/h2-5,13H,6-9H2,1H3. The zero-order chi connectivity index (χ0) is 10.0. The van der Waals surface area contributed by atoms with Crippen molar-refractivity contribution in [1.29, 1.82) is 0 Å². The summed E-state index contributed by atoms with van der Waals surface area (Å²) in [4.78, 5) is 0. The Morgan fingerprint density at radius 2 is 1.93 bits per heavy atom. The lowest BCUT2D eigenvalue weighted by Crippen LogP contribution is -2.04. The smallest absolute Gasteiger partial charge is 0.0899 e. The lowest BCUT2D eigenvalue weighted by Gasteiger charge is -2.08. The lowest BCUT2D eigenvalue weighted by atomic mass is 10.0. The van der Waals surface area contributed by atoms with E-state index >= 15 is 0 Å². The van der Waals surface area contributed by atoms with Gasteiger partial charge in [-0.15, -0.1) is 0 Å². The van der Waals surface area contributed by atoms with Crippen molar-refractivity contribution in [1.82, 2.24) is 0 Å². The Morgan fingerprint density at radius 3 is 2.43 bits per heavy atom. The Kier molecular flexibility index (Phi) is 2.57. The molecular weight excluding hydrogens is 176 g/mol. The second-order valence-corrected chi connectivity index (χ2v) is 3.97. The van der Waals surface area contributed by atoms with Crippen LogP contribution in [0.5, 0.6) is 0 Å². The highest BCUT2D eigenvalue weighted by atomic mass is 16.5. The van der Waals surface area contributed by atoms with Crippen LogP contribution < -0.4 is 0 Å². The van der Waals surface area contributed by atoms with E-state index in [1.54, 1.807) is 7.11 Å². The molecule has 1 aliphatic carbocycles. The van der Waals surface area contributed by atoms with E-state index in [1.807, 2.05) is 12.1 Å². The van der Waals surface area contributed by atoms with Crippen molar-refractivity contribution >= 4 is 0 Å². The molecule has 14 heavy (non-hydrogen) atoms. The summed E-state index contributed by atoms with van der Waals surface area (Å²) in [6.07, 6.45) is 2.75. The van der Waals surface area contributed by atoms with Crippen molar-refractivity contribution < 1.29 is 9.84 Å². The van der Waals surface area contributed by atoms with E-state index in [-0.39, 0.29) is 0 Å². The van der Waals surface area contributed by atoms with E-state index in [2.05, 4.69) is 12.1 Å². The quantitative estimate of drug-likeness (QED) is 0.789. The first-order valence-electron chi connectivity index (χ1n) is 5.05. The molecule has 1 saturated carbocycles. The lowest BCUT2D eigenvalue weighted by molar-refractivity contribution is 0.151. The molecule has 2 heteroatoms. The maximum absolute atomic E-state index is 9.84. The number of methoxy groups -OCH3 is 1. The zero-order valence-corrected chi connectivity index (χ0v) is 8.49. The van der Waals surface area contributed by atoms with Crippen molar-refractivity contribution in [2.24, 2.45) is 0 Å². The second kappa shape index (κ2) is 3.71. The summed E-state index contributed by atoms with van der Waals surface area (Å²) in [6.45, 7) is 0.754. The Hall–Kier alpha value is -0.860. The van der Waals surface area contributed by atoms with Crippen LogP contribution in [-0.2, 0) is 16.8 Å². The Labute approximate surface area is 84.5 Å². The van der Waals surface area contributed by atoms with Crippen LogP contribution in [0.2, 0.25) is 0 Å². The van der Waals surface area contributed by atoms with Crippen molar-refractivity contribution in [3.63, 3.8) is 0 Å². The number of aliphatic hydroxyl groups is 1. The molecule has 0 radical (unpaired) electrons. The Bertz CT molecular complexity index is 299. The van der Waals surface area contributed by atoms with E-state index in [9.17, 15) is 5.11 Å². The topological polar surface area (TPSA) is 29.5 Å². The average molecular weight is 192 g/mol. The minimum Gasteiger partial charge on any atom is -0.385 e. The van der Waals surface area contributed by atoms with Gasteiger partial charge in [0.15, 0.2) is 0 Å². The highest BCUT2D eigenvalue weighted by Gasteiger charge is 2.41. The van der Waals surface area contributed by atoms with E-state index in [4.69, 9.17) is 4.74 Å². The van der Waals surface area contributed by atoms with Gasteiger partial charge in [0.05, 0.1) is 12.2 Å². The predicted molar refractivity (Wildman–Crippen MR) is 55.2 cm³/mol. The van der Waals surface area contributed by atoms with Gasteiger partial charge in [0, 0.05) is 7.11 Å². The number of hydrogen-bond donors (Lipinski definition) is 1. The van der Waals surface area contributed by atoms with Crippen molar-refractivity contribution in [3.8, 4) is 0 Å². The number of ether oxygens (including phenoxy) is 1. The fourth-order valence-corrected chi connectivity index (χ4v) is 1.61. The monoisotopic (exact) mass is 192 g/mol. The fraction of sp³-hybridized carbons (Fsp3) is 0.500. The maximum Gasteiger partial charge on any atom is 0.0899 e. The van der Waals surface area contributed by atoms with Gasteiger partial charge in [-0.3, -0.25) is 0 Å². The molecule has 0 unspecified atom stereocenters. The molecule has 0 heterocycles. The summed E-state index contributed by atoms with van der Waals surface area (Å²) >= 11 is 0. The molecule has 0 saturated heterocycles. The highest BCUT2D eigenvalue weighted by Crippen LogP contribution is 2.45. The van der Waals surface area contributed by atoms with Gasteiger partial charge in [-0.2, -0.15) is 0 Å². The molecule has 0 bridgehead atoms. The molecule has 1 aromatic carbocycles. The summed E-state index contributed by atoms with van der Waals surface area (Å²) in [5.74, 6) is 0. The summed E-state index contributed by atoms with van der Waals surface area (Å²) in [6, 6.07) is 8.20. The van der Waals surface area contributed by atoms with Crippen LogP contribution in [0.1, 0.15) is 24.0 Å². The minimum absolute atomic E-state index is 0.500. The van der Waals surface area contributed by atoms with Gasteiger partial charge in [-0.25, -0.2) is 0 Å². The SMILES string of the molecule is COCCc1ccc(C2(O)CC2)cc1. The molecule has 2 nitrogen and oxygen atoms in total. The number of hydrogen-bond acceptors (Lipinski definition) is 2. The van der Waals surface area contributed by atoms with Crippen LogP contribution in [0.3, 0.4) is 0 Å². The molecule has 1 fully saturated rings. The van der Waals surface area contributed by atoms with Gasteiger partial charge in [0.1, 0.15) is 0 Å². The van der Waals surface area contributed by atoms with Crippen molar-refractivity contribution in [2.75, 3.05) is 13.7 Å². The fourth-order valence-electron chi connectivity index (χ4n) is 1.61. The first-order chi connectivity index (χ1) is 6.74. The van der Waals surface area contributed by atoms with E-state index < -0.39 is 5.60 Å². The van der Waals surface area contributed by atoms with Crippen molar-refractivity contribution in [3.05, 3.63) is 35.4 Å². The molecule has 1 N–H and O–H groups in total. The third-order valence-electron chi connectivity index (χ3n) is 2.81. The third kappa shape index (κ3) is 1.97. The van der Waals surface area contributed by atoms with Crippen LogP contribution in [0, 0.1) is 0 Å². The van der Waals surface area contributed by atoms with Gasteiger partial charge in [-0.05, 0) is 30.4 Å². The summed E-state index contributed by atoms with van der Waals surface area (Å²) in [5.41, 5.74) is 1.82. The minimum atomic E-state index is -0.500. The molecular formula is C12H16O2. The molecule has 1 aliphatic rings. The number of rotatable bonds is 4. The summed E-state index contributed by atoms with van der Waals surface area (Å²) < 4.78 is 5.01. The third-order valence-corrected chi connectivity index (χ3v) is 2.81. The van der Waals surface area contributed by atoms with Crippen molar-refractivity contribution in [2.45, 2.75) is 24.9 Å². The first kappa shape index (κ1) is 9.69. The molecule has 0 aliphatic heterocycles. The molecule has 0 atom stereocenters. The highest BCUT2D eigenvalue weighted by molar-refractivity contribution is 5.30. The Balaban J connectivity index is 2.03. The molecule has 1 aromatic rings. The predicted octanol–water partition coefficient (Wildman–Crippen LogP) is 1.86. The normalized spacial score (nSPS) is 18.1. The van der Waals surface area contributed by atoms with Crippen LogP contribution in [0.25, 0.3) is 0 Å². The van der Waals surface area contributed by atoms with Gasteiger partial charge in [-0.1, -0.05) is 24.3 Å². The zero-order valence-electron chi connectivity index (χ0n) is 8.49. The maximum atomic E-state index is 9.84. The molecule has 2 rings (SSSR count). The second-order valence-electron chi connectivity index (χ2n) is 3.97. The van der Waals surface area contributed by atoms with Gasteiger partial charge >= 0.3 is 0 Å². The van der Waals surface area contributed by atoms with Gasteiger partial charge < -0.3 is 9.84 Å². The van der Waals surface area contributed by atoms with E-state index in [1.165, 1.54) is 5.56 Å². The van der Waals surface area contributed by atoms with Crippen LogP contribution >= 0.6 is 0 Å². The summed E-state index contributed by atoms with van der Waals surface area (Å²) in [5, 5.41) is 9.84. The van der Waals surface area contributed by atoms with E-state index in [0.29, 0.717) is 0 Å². The number of benzene rings is 1. The van der Waals surface area contributed by atoms with Crippen LogP contribution in [0.4, 0.5) is 0 Å². The average Bonchev–Trinajstić information content (AvgIpc) is 2.96. The molecule has 76 valence electrons. The molecule has 0 aromatic heterocycles. The Morgan fingerprint density at radius 1 is 1.29 bits per heavy atom. The van der Waals surface area contributed by atoms with Crippen LogP contribution in [-0.4, -0.2) is 18.8 Å². The molecule has 0 spiro atoms. The van der Waals surface area contributed by atoms with E-state index in [0.717, 1.165) is 31.4 Å². The molecule has 0 amide bonds. The van der Waals surface area contributed by atoms with Gasteiger partial charge in [0.25, 0.3) is 0 Å².